The van der Waals surface area contributed by atoms with Crippen LogP contribution in [0.1, 0.15) is 45.5 Å². The highest BCUT2D eigenvalue weighted by Gasteiger charge is 2.37. The highest BCUT2D eigenvalue weighted by atomic mass is 16.5. The van der Waals surface area contributed by atoms with Gasteiger partial charge in [0.25, 0.3) is 0 Å². The fourth-order valence-electron chi connectivity index (χ4n) is 7.24. The molecule has 0 fully saturated rings. The molecule has 4 heterocycles. The van der Waals surface area contributed by atoms with Gasteiger partial charge in [-0.15, -0.1) is 0 Å². The molecule has 4 aliphatic heterocycles. The Morgan fingerprint density at radius 3 is 2.24 bits per heavy atom. The Bertz CT molecular complexity index is 1790. The van der Waals surface area contributed by atoms with Crippen molar-refractivity contribution >= 4 is 0 Å². The van der Waals surface area contributed by atoms with Crippen LogP contribution in [0.4, 0.5) is 0 Å². The lowest BCUT2D eigenvalue weighted by Crippen LogP contribution is -2.47. The molecule has 0 saturated heterocycles. The van der Waals surface area contributed by atoms with Crippen molar-refractivity contribution in [3.63, 3.8) is 0 Å². The lowest BCUT2D eigenvalue weighted by Gasteiger charge is -2.49. The van der Waals surface area contributed by atoms with Crippen LogP contribution in [0.2, 0.25) is 0 Å². The number of benzene rings is 4. The number of phenols is 1. The summed E-state index contributed by atoms with van der Waals surface area (Å²) in [6.45, 7) is 1.28. The zero-order valence-corrected chi connectivity index (χ0v) is 27.0. The van der Waals surface area contributed by atoms with E-state index in [1.54, 1.807) is 28.4 Å². The highest BCUT2D eigenvalue weighted by Crippen LogP contribution is 2.51. The fourth-order valence-corrected chi connectivity index (χ4v) is 7.24. The van der Waals surface area contributed by atoms with E-state index in [0.717, 1.165) is 46.3 Å². The van der Waals surface area contributed by atoms with Gasteiger partial charge in [0.2, 0.25) is 5.75 Å². The Kier molecular flexibility index (Phi) is 7.71. The number of methoxy groups -OCH3 is 3. The molecule has 4 aliphatic rings. The Balaban J connectivity index is 1.46. The molecule has 4 aromatic rings. The van der Waals surface area contributed by atoms with Crippen LogP contribution in [0.15, 0.2) is 60.7 Å². The summed E-state index contributed by atoms with van der Waals surface area (Å²) in [6.07, 6.45) is 2.55. The van der Waals surface area contributed by atoms with Gasteiger partial charge in [-0.05, 0) is 84.6 Å². The maximum Gasteiger partial charge on any atom is 0.201 e. The number of nitrogens with zero attached hydrogens (tertiary/aromatic N) is 2. The minimum Gasteiger partial charge on any atom is -0.633 e. The van der Waals surface area contributed by atoms with E-state index < -0.39 is 10.7 Å². The lowest BCUT2D eigenvalue weighted by atomic mass is 9.87. The summed E-state index contributed by atoms with van der Waals surface area (Å²) in [4.78, 5) is 2.29. The van der Waals surface area contributed by atoms with Crippen LogP contribution in [0.5, 0.6) is 46.0 Å². The molecule has 4 aromatic carbocycles. The third kappa shape index (κ3) is 5.28. The monoisotopic (exact) mass is 624 g/mol. The zero-order chi connectivity index (χ0) is 32.2. The van der Waals surface area contributed by atoms with E-state index in [9.17, 15) is 10.3 Å². The second-order valence-corrected chi connectivity index (χ2v) is 12.7. The first-order valence-electron chi connectivity index (χ1n) is 15.7. The molecule has 0 aromatic heterocycles. The van der Waals surface area contributed by atoms with E-state index in [1.165, 1.54) is 0 Å². The minimum atomic E-state index is -0.435. The standard InChI is InChI=1S/C37H40N2O7/c1-38-14-12-25-20-34(44-5)36(40)37-35(25)28(38)16-22-6-9-26(10-7-22)45-32-18-23(8-11-30(32)42-3)17-29-27-21-33(46-37)31(43-4)19-24(27)13-15-39(29,2)41/h6-11,18-21,28-29,40H,12-17H2,1-5H3/t28-,29-,39?/m1/s1. The molecule has 240 valence electrons. The Labute approximate surface area is 269 Å². The van der Waals surface area contributed by atoms with E-state index in [4.69, 9.17) is 23.7 Å². The molecular formula is C37H40N2O7. The second-order valence-electron chi connectivity index (χ2n) is 12.7. The molecular weight excluding hydrogens is 584 g/mol. The molecule has 8 rings (SSSR count). The van der Waals surface area contributed by atoms with Gasteiger partial charge in [-0.3, -0.25) is 4.90 Å². The number of hydrogen-bond acceptors (Lipinski definition) is 8. The Morgan fingerprint density at radius 1 is 0.804 bits per heavy atom. The molecule has 1 unspecified atom stereocenters. The smallest absolute Gasteiger partial charge is 0.201 e. The van der Waals surface area contributed by atoms with Crippen molar-refractivity contribution < 1.29 is 33.4 Å². The van der Waals surface area contributed by atoms with E-state index in [2.05, 4.69) is 24.1 Å². The van der Waals surface area contributed by atoms with Crippen molar-refractivity contribution in [3.05, 3.63) is 99.3 Å². The number of hydrogen-bond donors (Lipinski definition) is 1. The van der Waals surface area contributed by atoms with Crippen molar-refractivity contribution in [1.82, 2.24) is 4.90 Å². The van der Waals surface area contributed by atoms with Crippen molar-refractivity contribution in [2.45, 2.75) is 37.8 Å². The first-order valence-corrected chi connectivity index (χ1v) is 15.7. The molecule has 0 aliphatic carbocycles. The molecule has 3 atom stereocenters. The average molecular weight is 625 g/mol. The average Bonchev–Trinajstić information content (AvgIpc) is 3.05. The summed E-state index contributed by atoms with van der Waals surface area (Å²) in [5, 5.41) is 25.7. The van der Waals surface area contributed by atoms with Gasteiger partial charge >= 0.3 is 0 Å². The first-order chi connectivity index (χ1) is 22.2. The number of quaternary nitrogens is 1. The number of phenolic OH excluding ortho intramolecular Hbond substituents is 1. The van der Waals surface area contributed by atoms with E-state index in [0.29, 0.717) is 66.1 Å². The van der Waals surface area contributed by atoms with Crippen LogP contribution in [-0.2, 0) is 25.7 Å². The summed E-state index contributed by atoms with van der Waals surface area (Å²) in [6, 6.07) is 19.2. The number of aromatic hydroxyl groups is 1. The first kappa shape index (κ1) is 30.2. The molecule has 46 heavy (non-hydrogen) atoms. The Morgan fingerprint density at radius 2 is 1.50 bits per heavy atom. The minimum absolute atomic E-state index is 0.0637. The van der Waals surface area contributed by atoms with Crippen LogP contribution in [-0.4, -0.2) is 63.2 Å². The molecule has 1 N–H and O–H groups in total. The van der Waals surface area contributed by atoms with Crippen molar-refractivity contribution in [2.75, 3.05) is 48.5 Å². The maximum absolute atomic E-state index is 14.1. The molecule has 0 saturated carbocycles. The summed E-state index contributed by atoms with van der Waals surface area (Å²) in [5.41, 5.74) is 5.99. The number of fused-ring (bicyclic) bond motifs is 2. The van der Waals surface area contributed by atoms with E-state index >= 15 is 0 Å². The van der Waals surface area contributed by atoms with Crippen LogP contribution in [0.3, 0.4) is 0 Å². The van der Waals surface area contributed by atoms with Gasteiger partial charge in [0.1, 0.15) is 11.8 Å². The quantitative estimate of drug-likeness (QED) is 0.195. The third-order valence-corrected chi connectivity index (χ3v) is 9.88. The molecule has 6 bridgehead atoms. The predicted molar refractivity (Wildman–Crippen MR) is 175 cm³/mol. The van der Waals surface area contributed by atoms with Gasteiger partial charge in [-0.1, -0.05) is 18.2 Å². The van der Waals surface area contributed by atoms with Crippen molar-refractivity contribution in [2.24, 2.45) is 0 Å². The molecule has 9 nitrogen and oxygen atoms in total. The van der Waals surface area contributed by atoms with Gasteiger partial charge in [-0.25, -0.2) is 0 Å². The SMILES string of the molecule is COc1ccc2cc1Oc1ccc(cc1)C[C@@H]1c3c(cc(OC)c(O)c3Oc3cc4c(cc3OC)CC[N+](C)([O-])[C@@H]4C2)CCN1C. The van der Waals surface area contributed by atoms with Crippen LogP contribution in [0.25, 0.3) is 0 Å². The second kappa shape index (κ2) is 11.7. The predicted octanol–water partition coefficient (Wildman–Crippen LogP) is 6.87. The number of rotatable bonds is 3. The van der Waals surface area contributed by atoms with Crippen molar-refractivity contribution in [3.8, 4) is 46.0 Å². The highest BCUT2D eigenvalue weighted by molar-refractivity contribution is 5.63. The summed E-state index contributed by atoms with van der Waals surface area (Å²) in [7, 11) is 8.62. The topological polar surface area (TPSA) is 92.7 Å². The summed E-state index contributed by atoms with van der Waals surface area (Å²) in [5.74, 6) is 3.52. The van der Waals surface area contributed by atoms with E-state index in [1.807, 2.05) is 48.5 Å². The fraction of sp³-hybridized carbons (Fsp3) is 0.351. The maximum atomic E-state index is 14.1. The molecule has 9 heteroatoms. The Hall–Kier alpha value is -4.44. The van der Waals surface area contributed by atoms with Crippen molar-refractivity contribution in [1.29, 1.82) is 0 Å². The summed E-state index contributed by atoms with van der Waals surface area (Å²) < 4.78 is 29.8. The van der Waals surface area contributed by atoms with Crippen LogP contribution >= 0.6 is 0 Å². The largest absolute Gasteiger partial charge is 0.633 e. The molecule has 0 amide bonds. The molecule has 0 spiro atoms. The van der Waals surface area contributed by atoms with Gasteiger partial charge in [-0.2, -0.15) is 0 Å². The van der Waals surface area contributed by atoms with Crippen LogP contribution < -0.4 is 23.7 Å². The number of hydroxylamine groups is 3. The number of ether oxygens (including phenoxy) is 5. The van der Waals surface area contributed by atoms with E-state index in [-0.39, 0.29) is 11.8 Å². The van der Waals surface area contributed by atoms with Gasteiger partial charge < -0.3 is 38.6 Å². The summed E-state index contributed by atoms with van der Waals surface area (Å²) >= 11 is 0. The van der Waals surface area contributed by atoms with Crippen LogP contribution in [0, 0.1) is 5.21 Å². The van der Waals surface area contributed by atoms with Gasteiger partial charge in [0.15, 0.2) is 34.5 Å². The van der Waals surface area contributed by atoms with Gasteiger partial charge in [0.05, 0.1) is 34.9 Å². The lowest BCUT2D eigenvalue weighted by molar-refractivity contribution is -0.894. The normalized spacial score (nSPS) is 22.0. The third-order valence-electron chi connectivity index (χ3n) is 9.88. The molecule has 0 radical (unpaired) electrons. The van der Waals surface area contributed by atoms with Gasteiger partial charge in [0, 0.05) is 36.6 Å². The number of likely N-dealkylation sites (N-methyl/N-ethyl adjacent to an activating group) is 2. The zero-order valence-electron chi connectivity index (χ0n) is 27.0.